The second-order valence-corrected chi connectivity index (χ2v) is 4.69. The molecule has 2 aromatic heterocycles. The van der Waals surface area contributed by atoms with Gasteiger partial charge in [0.1, 0.15) is 17.6 Å². The first-order valence-electron chi connectivity index (χ1n) is 6.99. The highest BCUT2D eigenvalue weighted by atomic mass is 15.5. The number of aryl methyl sites for hydroxylation is 1. The average Bonchev–Trinajstić information content (AvgIpc) is 3.19. The van der Waals surface area contributed by atoms with Gasteiger partial charge in [-0.25, -0.2) is 4.98 Å². The fraction of sp³-hybridized carbons (Fsp3) is 0.267. The summed E-state index contributed by atoms with van der Waals surface area (Å²) < 4.78 is 2.10. The van der Waals surface area contributed by atoms with Gasteiger partial charge in [-0.3, -0.25) is 0 Å². The van der Waals surface area contributed by atoms with Gasteiger partial charge in [0.05, 0.1) is 11.9 Å². The van der Waals surface area contributed by atoms with Gasteiger partial charge >= 0.3 is 0 Å². The maximum Gasteiger partial charge on any atom is 0.132 e. The number of benzene rings is 1. The van der Waals surface area contributed by atoms with Crippen molar-refractivity contribution in [3.63, 3.8) is 0 Å². The van der Waals surface area contributed by atoms with E-state index in [1.54, 1.807) is 11.0 Å². The highest BCUT2D eigenvalue weighted by Crippen LogP contribution is 2.18. The number of hydrogen-bond donors (Lipinski definition) is 1. The minimum atomic E-state index is -0.0718. The molecule has 6 heteroatoms. The van der Waals surface area contributed by atoms with Gasteiger partial charge in [0.25, 0.3) is 0 Å². The maximum absolute atomic E-state index is 4.57. The lowest BCUT2D eigenvalue weighted by molar-refractivity contribution is 0.572. The Morgan fingerprint density at radius 2 is 2.05 bits per heavy atom. The summed E-state index contributed by atoms with van der Waals surface area (Å²) in [4.78, 5) is 6.08. The molecule has 0 spiro atoms. The molecule has 3 rings (SSSR count). The normalized spacial score (nSPS) is 12.5. The van der Waals surface area contributed by atoms with Crippen molar-refractivity contribution in [1.29, 1.82) is 0 Å². The van der Waals surface area contributed by atoms with Crippen LogP contribution in [0.2, 0.25) is 0 Å². The molecule has 1 N–H and O–H groups in total. The minimum absolute atomic E-state index is 0.0718. The predicted octanol–water partition coefficient (Wildman–Crippen LogP) is 1.79. The van der Waals surface area contributed by atoms with Gasteiger partial charge in [0, 0.05) is 18.9 Å². The topological polar surface area (TPSA) is 60.6 Å². The van der Waals surface area contributed by atoms with Crippen molar-refractivity contribution < 1.29 is 0 Å². The van der Waals surface area contributed by atoms with Gasteiger partial charge < -0.3 is 9.88 Å². The smallest absolute Gasteiger partial charge is 0.132 e. The van der Waals surface area contributed by atoms with E-state index in [0.29, 0.717) is 0 Å². The first-order chi connectivity index (χ1) is 10.3. The van der Waals surface area contributed by atoms with Crippen molar-refractivity contribution in [1.82, 2.24) is 29.9 Å². The Kier molecular flexibility index (Phi) is 3.79. The Bertz CT molecular complexity index is 700. The zero-order valence-corrected chi connectivity index (χ0v) is 12.1. The fourth-order valence-electron chi connectivity index (χ4n) is 2.35. The Hall–Kier alpha value is -2.47. The van der Waals surface area contributed by atoms with E-state index in [-0.39, 0.29) is 6.04 Å². The van der Waals surface area contributed by atoms with Crippen LogP contribution in [0.1, 0.15) is 24.5 Å². The number of para-hydroxylation sites is 1. The molecule has 108 valence electrons. The number of nitrogens with one attached hydrogen (secondary N) is 1. The molecule has 3 aromatic rings. The lowest BCUT2D eigenvalue weighted by Crippen LogP contribution is -2.22. The zero-order valence-electron chi connectivity index (χ0n) is 12.1. The van der Waals surface area contributed by atoms with Crippen molar-refractivity contribution in [2.24, 2.45) is 0 Å². The summed E-state index contributed by atoms with van der Waals surface area (Å²) in [5.41, 5.74) is 1.79. The SMILES string of the molecule is CCn1ccnc1C(NC)c1cnn(-c2ccccc2)n1. The molecule has 0 aliphatic heterocycles. The molecule has 1 aromatic carbocycles. The molecule has 0 fully saturated rings. The minimum Gasteiger partial charge on any atom is -0.334 e. The van der Waals surface area contributed by atoms with E-state index in [4.69, 9.17) is 0 Å². The molecule has 0 bridgehead atoms. The summed E-state index contributed by atoms with van der Waals surface area (Å²) in [7, 11) is 1.90. The Labute approximate surface area is 123 Å². The molecule has 2 heterocycles. The Morgan fingerprint density at radius 3 is 2.76 bits per heavy atom. The Balaban J connectivity index is 1.94. The summed E-state index contributed by atoms with van der Waals surface area (Å²) in [5.74, 6) is 0.945. The standard InChI is InChI=1S/C15H18N6/c1-3-20-10-9-17-15(20)14(16-2)13-11-18-21(19-13)12-7-5-4-6-8-12/h4-11,14,16H,3H2,1-2H3. The highest BCUT2D eigenvalue weighted by Gasteiger charge is 2.20. The molecular formula is C15H18N6. The van der Waals surface area contributed by atoms with Crippen LogP contribution < -0.4 is 5.32 Å². The van der Waals surface area contributed by atoms with Gasteiger partial charge in [-0.1, -0.05) is 18.2 Å². The predicted molar refractivity (Wildman–Crippen MR) is 80.2 cm³/mol. The van der Waals surface area contributed by atoms with E-state index in [0.717, 1.165) is 23.8 Å². The molecule has 0 aliphatic carbocycles. The fourth-order valence-corrected chi connectivity index (χ4v) is 2.35. The monoisotopic (exact) mass is 282 g/mol. The average molecular weight is 282 g/mol. The molecule has 0 amide bonds. The van der Waals surface area contributed by atoms with Crippen molar-refractivity contribution in [3.05, 3.63) is 60.4 Å². The van der Waals surface area contributed by atoms with Crippen LogP contribution in [0, 0.1) is 0 Å². The molecule has 1 atom stereocenters. The van der Waals surface area contributed by atoms with Crippen LogP contribution in [-0.2, 0) is 6.54 Å². The summed E-state index contributed by atoms with van der Waals surface area (Å²) in [6, 6.07) is 9.80. The summed E-state index contributed by atoms with van der Waals surface area (Å²) >= 11 is 0. The third-order valence-corrected chi connectivity index (χ3v) is 3.43. The lowest BCUT2D eigenvalue weighted by Gasteiger charge is -2.14. The van der Waals surface area contributed by atoms with Crippen LogP contribution in [-0.4, -0.2) is 31.6 Å². The molecule has 1 unspecified atom stereocenters. The first kappa shape index (κ1) is 13.5. The second kappa shape index (κ2) is 5.88. The maximum atomic E-state index is 4.57. The third kappa shape index (κ3) is 2.57. The van der Waals surface area contributed by atoms with Crippen molar-refractivity contribution >= 4 is 0 Å². The molecule has 6 nitrogen and oxygen atoms in total. The van der Waals surface area contributed by atoms with Crippen LogP contribution in [0.15, 0.2) is 48.9 Å². The van der Waals surface area contributed by atoms with E-state index in [9.17, 15) is 0 Å². The van der Waals surface area contributed by atoms with Gasteiger partial charge in [-0.2, -0.15) is 15.0 Å². The van der Waals surface area contributed by atoms with E-state index in [1.807, 2.05) is 49.8 Å². The second-order valence-electron chi connectivity index (χ2n) is 4.69. The number of hydrogen-bond acceptors (Lipinski definition) is 4. The van der Waals surface area contributed by atoms with Crippen LogP contribution >= 0.6 is 0 Å². The van der Waals surface area contributed by atoms with E-state index in [1.165, 1.54) is 0 Å². The van der Waals surface area contributed by atoms with Crippen molar-refractivity contribution in [3.8, 4) is 5.69 Å². The summed E-state index contributed by atoms with van der Waals surface area (Å²) in [5, 5.41) is 12.2. The number of nitrogens with zero attached hydrogens (tertiary/aromatic N) is 5. The summed E-state index contributed by atoms with van der Waals surface area (Å²) in [6.07, 6.45) is 5.56. The van der Waals surface area contributed by atoms with E-state index in [2.05, 4.69) is 32.0 Å². The van der Waals surface area contributed by atoms with Crippen LogP contribution in [0.25, 0.3) is 5.69 Å². The summed E-state index contributed by atoms with van der Waals surface area (Å²) in [6.45, 7) is 2.97. The largest absolute Gasteiger partial charge is 0.334 e. The quantitative estimate of drug-likeness (QED) is 0.775. The number of rotatable bonds is 5. The van der Waals surface area contributed by atoms with E-state index < -0.39 is 0 Å². The van der Waals surface area contributed by atoms with Gasteiger partial charge in [0.2, 0.25) is 0 Å². The van der Waals surface area contributed by atoms with Gasteiger partial charge in [0.15, 0.2) is 0 Å². The third-order valence-electron chi connectivity index (χ3n) is 3.43. The number of imidazole rings is 1. The van der Waals surface area contributed by atoms with Crippen LogP contribution in [0.5, 0.6) is 0 Å². The zero-order chi connectivity index (χ0) is 14.7. The molecule has 0 saturated heterocycles. The molecule has 0 aliphatic rings. The van der Waals surface area contributed by atoms with Crippen LogP contribution in [0.4, 0.5) is 0 Å². The molecule has 21 heavy (non-hydrogen) atoms. The number of aromatic nitrogens is 5. The lowest BCUT2D eigenvalue weighted by atomic mass is 10.2. The van der Waals surface area contributed by atoms with Crippen LogP contribution in [0.3, 0.4) is 0 Å². The molecular weight excluding hydrogens is 264 g/mol. The van der Waals surface area contributed by atoms with Crippen molar-refractivity contribution in [2.45, 2.75) is 19.5 Å². The highest BCUT2D eigenvalue weighted by molar-refractivity contribution is 5.29. The van der Waals surface area contributed by atoms with Crippen molar-refractivity contribution in [2.75, 3.05) is 7.05 Å². The van der Waals surface area contributed by atoms with Gasteiger partial charge in [-0.15, -0.1) is 0 Å². The molecule has 0 radical (unpaired) electrons. The van der Waals surface area contributed by atoms with E-state index >= 15 is 0 Å². The Morgan fingerprint density at radius 1 is 1.24 bits per heavy atom. The first-order valence-corrected chi connectivity index (χ1v) is 6.99. The van der Waals surface area contributed by atoms with Gasteiger partial charge in [-0.05, 0) is 26.1 Å². The molecule has 0 saturated carbocycles.